The van der Waals surface area contributed by atoms with Gasteiger partial charge in [-0.05, 0) is 19.8 Å². The Kier molecular flexibility index (Phi) is 4.51. The first kappa shape index (κ1) is 16.1. The number of aromatic amines is 1. The Morgan fingerprint density at radius 2 is 2.10 bits per heavy atom. The summed E-state index contributed by atoms with van der Waals surface area (Å²) in [5.74, 6) is -1.05. The Hall–Kier alpha value is -1.23. The third-order valence-electron chi connectivity index (χ3n) is 3.53. The number of carboxylic acids is 1. The minimum Gasteiger partial charge on any atom is -0.481 e. The Bertz CT molecular complexity index is 684. The van der Waals surface area contributed by atoms with E-state index in [1.54, 1.807) is 0 Å². The fraction of sp³-hybridized carbons (Fsp3) is 0.636. The van der Waals surface area contributed by atoms with E-state index in [0.29, 0.717) is 11.3 Å². The minimum atomic E-state index is -3.91. The van der Waals surface area contributed by atoms with Gasteiger partial charge in [0.1, 0.15) is 0 Å². The molecular weight excluding hydrogens is 320 g/mol. The second kappa shape index (κ2) is 5.87. The topological polar surface area (TPSA) is 126 Å². The van der Waals surface area contributed by atoms with Gasteiger partial charge in [-0.2, -0.15) is 0 Å². The average molecular weight is 336 g/mol. The number of aryl methyl sites for hydroxylation is 1. The molecule has 1 fully saturated rings. The summed E-state index contributed by atoms with van der Waals surface area (Å²) < 4.78 is 31.7. The first-order valence-corrected chi connectivity index (χ1v) is 8.57. The van der Waals surface area contributed by atoms with Gasteiger partial charge in [0.2, 0.25) is 0 Å². The lowest BCUT2D eigenvalue weighted by Crippen LogP contribution is -2.46. The van der Waals surface area contributed by atoms with Crippen LogP contribution >= 0.6 is 11.3 Å². The van der Waals surface area contributed by atoms with E-state index in [1.165, 1.54) is 6.92 Å². The first-order valence-electron chi connectivity index (χ1n) is 6.27. The normalized spacial score (nSPS) is 18.5. The standard InChI is InChI=1S/C11H16N2O6S2/c1-7-8(20-10(16)13-7)21(17,18)12-6-11(9(14)15)2-4-19-5-3-11/h12H,2-6H2,1H3,(H,13,16)(H,14,15). The largest absolute Gasteiger partial charge is 0.481 e. The maximum absolute atomic E-state index is 12.2. The number of nitrogens with one attached hydrogen (secondary N) is 2. The number of carboxylic acid groups (broad SMARTS) is 1. The van der Waals surface area contributed by atoms with Crippen LogP contribution in [0.1, 0.15) is 18.5 Å². The Balaban J connectivity index is 2.19. The molecule has 0 aliphatic carbocycles. The molecule has 118 valence electrons. The quantitative estimate of drug-likeness (QED) is 0.690. The molecule has 1 aliphatic rings. The van der Waals surface area contributed by atoms with E-state index in [1.807, 2.05) is 0 Å². The highest BCUT2D eigenvalue weighted by Gasteiger charge is 2.41. The number of hydrogen-bond donors (Lipinski definition) is 3. The molecule has 2 heterocycles. The summed E-state index contributed by atoms with van der Waals surface area (Å²) in [4.78, 5) is 24.6. The van der Waals surface area contributed by atoms with Crippen molar-refractivity contribution in [1.82, 2.24) is 9.71 Å². The van der Waals surface area contributed by atoms with Gasteiger partial charge in [-0.3, -0.25) is 9.59 Å². The predicted molar refractivity (Wildman–Crippen MR) is 75.0 cm³/mol. The van der Waals surface area contributed by atoms with E-state index in [-0.39, 0.29) is 42.5 Å². The molecule has 21 heavy (non-hydrogen) atoms. The Morgan fingerprint density at radius 3 is 2.57 bits per heavy atom. The number of hydrogen-bond acceptors (Lipinski definition) is 6. The van der Waals surface area contributed by atoms with E-state index in [0.717, 1.165) is 0 Å². The maximum atomic E-state index is 12.2. The van der Waals surface area contributed by atoms with E-state index >= 15 is 0 Å². The zero-order chi connectivity index (χ0) is 15.7. The van der Waals surface area contributed by atoms with Gasteiger partial charge in [0.05, 0.1) is 5.41 Å². The van der Waals surface area contributed by atoms with Crippen molar-refractivity contribution < 1.29 is 23.1 Å². The Labute approximate surface area is 125 Å². The summed E-state index contributed by atoms with van der Waals surface area (Å²) in [6, 6.07) is 0. The third-order valence-corrected chi connectivity index (χ3v) is 6.54. The van der Waals surface area contributed by atoms with Crippen LogP contribution in [0.15, 0.2) is 9.00 Å². The van der Waals surface area contributed by atoms with Gasteiger partial charge in [0.25, 0.3) is 10.0 Å². The highest BCUT2D eigenvalue weighted by atomic mass is 32.2. The summed E-state index contributed by atoms with van der Waals surface area (Å²) in [6.45, 7) is 1.82. The monoisotopic (exact) mass is 336 g/mol. The number of sulfonamides is 1. The van der Waals surface area contributed by atoms with Crippen LogP contribution in [0.3, 0.4) is 0 Å². The SMILES string of the molecule is Cc1[nH]c(=O)sc1S(=O)(=O)NCC1(C(=O)O)CCOCC1. The van der Waals surface area contributed by atoms with E-state index in [9.17, 15) is 23.1 Å². The molecule has 1 aromatic rings. The third kappa shape index (κ3) is 3.34. The van der Waals surface area contributed by atoms with Crippen molar-refractivity contribution in [2.45, 2.75) is 24.0 Å². The molecule has 2 rings (SSSR count). The number of rotatable bonds is 5. The summed E-state index contributed by atoms with van der Waals surface area (Å²) in [5.41, 5.74) is -0.922. The molecule has 0 aromatic carbocycles. The van der Waals surface area contributed by atoms with E-state index in [2.05, 4.69) is 9.71 Å². The van der Waals surface area contributed by atoms with Crippen LogP contribution in [-0.4, -0.2) is 44.2 Å². The van der Waals surface area contributed by atoms with Crippen LogP contribution in [0.2, 0.25) is 0 Å². The highest BCUT2D eigenvalue weighted by Crippen LogP contribution is 2.30. The molecule has 10 heteroatoms. The van der Waals surface area contributed by atoms with Gasteiger partial charge in [-0.1, -0.05) is 11.3 Å². The lowest BCUT2D eigenvalue weighted by atomic mass is 9.80. The summed E-state index contributed by atoms with van der Waals surface area (Å²) in [6.07, 6.45) is 0.487. The van der Waals surface area contributed by atoms with Crippen LogP contribution in [0.4, 0.5) is 0 Å². The van der Waals surface area contributed by atoms with Crippen molar-refractivity contribution in [3.8, 4) is 0 Å². The molecule has 0 spiro atoms. The van der Waals surface area contributed by atoms with Crippen molar-refractivity contribution in [3.63, 3.8) is 0 Å². The molecule has 0 bridgehead atoms. The number of ether oxygens (including phenoxy) is 1. The number of H-pyrrole nitrogens is 1. The lowest BCUT2D eigenvalue weighted by Gasteiger charge is -2.32. The minimum absolute atomic E-state index is 0.111. The molecule has 3 N–H and O–H groups in total. The van der Waals surface area contributed by atoms with Gasteiger partial charge in [0, 0.05) is 25.5 Å². The summed E-state index contributed by atoms with van der Waals surface area (Å²) in [5, 5.41) is 9.37. The second-order valence-corrected chi connectivity index (χ2v) is 7.89. The van der Waals surface area contributed by atoms with Crippen molar-refractivity contribution >= 4 is 27.3 Å². The predicted octanol–water partition coefficient (Wildman–Crippen LogP) is -0.0955. The van der Waals surface area contributed by atoms with Crippen LogP contribution in [0.5, 0.6) is 0 Å². The second-order valence-electron chi connectivity index (χ2n) is 4.95. The number of aromatic nitrogens is 1. The molecule has 8 nitrogen and oxygen atoms in total. The van der Waals surface area contributed by atoms with Gasteiger partial charge in [-0.15, -0.1) is 0 Å². The van der Waals surface area contributed by atoms with Crippen LogP contribution < -0.4 is 9.60 Å². The van der Waals surface area contributed by atoms with Crippen LogP contribution in [0, 0.1) is 12.3 Å². The summed E-state index contributed by atoms with van der Waals surface area (Å²) in [7, 11) is -3.91. The molecule has 0 unspecified atom stereocenters. The molecular formula is C11H16N2O6S2. The molecule has 0 radical (unpaired) electrons. The molecule has 0 atom stereocenters. The van der Waals surface area contributed by atoms with Crippen molar-refractivity contribution in [3.05, 3.63) is 15.4 Å². The van der Waals surface area contributed by atoms with E-state index in [4.69, 9.17) is 4.74 Å². The van der Waals surface area contributed by atoms with Crippen LogP contribution in [-0.2, 0) is 19.6 Å². The molecule has 1 aromatic heterocycles. The van der Waals surface area contributed by atoms with Crippen molar-refractivity contribution in [2.75, 3.05) is 19.8 Å². The molecule has 0 saturated carbocycles. The van der Waals surface area contributed by atoms with Crippen molar-refractivity contribution in [1.29, 1.82) is 0 Å². The Morgan fingerprint density at radius 1 is 1.48 bits per heavy atom. The zero-order valence-electron chi connectivity index (χ0n) is 11.3. The average Bonchev–Trinajstić information content (AvgIpc) is 2.77. The van der Waals surface area contributed by atoms with Gasteiger partial charge in [0.15, 0.2) is 4.21 Å². The summed E-state index contributed by atoms with van der Waals surface area (Å²) >= 11 is 0.582. The van der Waals surface area contributed by atoms with Gasteiger partial charge < -0.3 is 14.8 Å². The fourth-order valence-corrected chi connectivity index (χ4v) is 4.64. The number of carbonyl (C=O) groups is 1. The lowest BCUT2D eigenvalue weighted by molar-refractivity contribution is -0.154. The maximum Gasteiger partial charge on any atom is 0.311 e. The van der Waals surface area contributed by atoms with Gasteiger partial charge >= 0.3 is 10.8 Å². The number of aliphatic carboxylic acids is 1. The molecule has 1 saturated heterocycles. The molecule has 0 amide bonds. The van der Waals surface area contributed by atoms with E-state index < -0.39 is 26.3 Å². The van der Waals surface area contributed by atoms with Crippen LogP contribution in [0.25, 0.3) is 0 Å². The van der Waals surface area contributed by atoms with Crippen molar-refractivity contribution in [2.24, 2.45) is 5.41 Å². The van der Waals surface area contributed by atoms with Gasteiger partial charge in [-0.25, -0.2) is 13.1 Å². The molecule has 1 aliphatic heterocycles. The fourth-order valence-electron chi connectivity index (χ4n) is 2.17. The highest BCUT2D eigenvalue weighted by molar-refractivity contribution is 7.91. The smallest absolute Gasteiger partial charge is 0.311 e. The zero-order valence-corrected chi connectivity index (χ0v) is 13.0. The first-order chi connectivity index (χ1) is 9.77. The number of thiazole rings is 1.